The lowest BCUT2D eigenvalue weighted by Crippen LogP contribution is -2.42. The number of likely N-dealkylation sites (tertiary alicyclic amines) is 1. The Morgan fingerprint density at radius 2 is 1.86 bits per heavy atom. The number of ether oxygens (including phenoxy) is 3. The first-order chi connectivity index (χ1) is 13.4. The fourth-order valence-corrected chi connectivity index (χ4v) is 2.71. The smallest absolute Gasteiger partial charge is 0.410 e. The highest BCUT2D eigenvalue weighted by atomic mass is 19.1. The van der Waals surface area contributed by atoms with Gasteiger partial charge >= 0.3 is 6.09 Å². The Bertz CT molecular complexity index is 827. The molecule has 150 valence electrons. The van der Waals surface area contributed by atoms with Gasteiger partial charge in [-0.05, 0) is 26.0 Å². The monoisotopic (exact) mass is 393 g/mol. The third-order valence-electron chi connectivity index (χ3n) is 4.05. The Morgan fingerprint density at radius 1 is 1.14 bits per heavy atom. The van der Waals surface area contributed by atoms with Crippen LogP contribution in [0.3, 0.4) is 0 Å². The number of nitrogens with zero attached hydrogens (tertiary/aromatic N) is 3. The molecule has 2 aromatic rings. The van der Waals surface area contributed by atoms with E-state index in [1.807, 2.05) is 0 Å². The Hall–Kier alpha value is -2.97. The quantitative estimate of drug-likeness (QED) is 0.766. The molecule has 0 bridgehead atoms. The van der Waals surface area contributed by atoms with Crippen LogP contribution in [0.1, 0.15) is 26.7 Å². The zero-order valence-corrected chi connectivity index (χ0v) is 15.6. The second kappa shape index (κ2) is 8.81. The van der Waals surface area contributed by atoms with Crippen molar-refractivity contribution < 1.29 is 27.8 Å². The van der Waals surface area contributed by atoms with Gasteiger partial charge in [0.25, 0.3) is 0 Å². The van der Waals surface area contributed by atoms with Gasteiger partial charge in [0.05, 0.1) is 12.2 Å². The van der Waals surface area contributed by atoms with Crippen molar-refractivity contribution in [2.75, 3.05) is 13.1 Å². The molecule has 7 nitrogen and oxygen atoms in total. The molecule has 28 heavy (non-hydrogen) atoms. The van der Waals surface area contributed by atoms with Crippen molar-refractivity contribution in [3.05, 3.63) is 42.2 Å². The molecule has 0 aliphatic carbocycles. The van der Waals surface area contributed by atoms with Crippen LogP contribution in [-0.4, -0.2) is 46.3 Å². The first kappa shape index (κ1) is 19.8. The molecule has 1 fully saturated rings. The average molecular weight is 393 g/mol. The molecule has 1 aromatic carbocycles. The number of benzene rings is 1. The molecular weight excluding hydrogens is 372 g/mol. The molecule has 1 aliphatic heterocycles. The lowest BCUT2D eigenvalue weighted by atomic mass is 10.1. The van der Waals surface area contributed by atoms with Crippen LogP contribution in [-0.2, 0) is 4.74 Å². The van der Waals surface area contributed by atoms with Gasteiger partial charge in [0.1, 0.15) is 18.2 Å². The third-order valence-corrected chi connectivity index (χ3v) is 4.05. The van der Waals surface area contributed by atoms with Crippen molar-refractivity contribution in [1.29, 1.82) is 0 Å². The summed E-state index contributed by atoms with van der Waals surface area (Å²) in [5, 5.41) is 0. The maximum absolute atomic E-state index is 13.7. The zero-order valence-electron chi connectivity index (χ0n) is 15.6. The van der Waals surface area contributed by atoms with Crippen LogP contribution < -0.4 is 9.47 Å². The van der Waals surface area contributed by atoms with Gasteiger partial charge in [-0.3, -0.25) is 0 Å². The minimum atomic E-state index is -0.705. The van der Waals surface area contributed by atoms with Gasteiger partial charge in [-0.15, -0.1) is 0 Å². The van der Waals surface area contributed by atoms with Gasteiger partial charge in [0, 0.05) is 32.0 Å². The van der Waals surface area contributed by atoms with Gasteiger partial charge in [0.15, 0.2) is 11.6 Å². The summed E-state index contributed by atoms with van der Waals surface area (Å²) in [6.45, 7) is 4.63. The van der Waals surface area contributed by atoms with E-state index in [1.165, 1.54) is 12.4 Å². The summed E-state index contributed by atoms with van der Waals surface area (Å²) in [5.41, 5.74) is 0. The fraction of sp³-hybridized carbons (Fsp3) is 0.421. The highest BCUT2D eigenvalue weighted by Crippen LogP contribution is 2.26. The maximum Gasteiger partial charge on any atom is 0.410 e. The van der Waals surface area contributed by atoms with Gasteiger partial charge in [0.2, 0.25) is 11.8 Å². The topological polar surface area (TPSA) is 73.8 Å². The van der Waals surface area contributed by atoms with E-state index in [2.05, 4.69) is 9.97 Å². The Labute approximate surface area is 161 Å². The largest absolute Gasteiger partial charge is 0.474 e. The number of carbonyl (C=O) groups is 1. The molecule has 9 heteroatoms. The number of aromatic nitrogens is 2. The second-order valence-corrected chi connectivity index (χ2v) is 6.61. The molecule has 3 rings (SSSR count). The number of piperidine rings is 1. The summed E-state index contributed by atoms with van der Waals surface area (Å²) in [5.74, 6) is -1.31. The standard InChI is InChI=1S/C19H21F2N3O4/c1-12(2)26-19(25)24-7-5-14(6-8-24)27-17-10-18(23-11-22-17)28-16-9-13(20)3-4-15(16)21/h3-4,9-12,14H,5-8H2,1-2H3. The number of rotatable bonds is 5. The van der Waals surface area contributed by atoms with Crippen molar-refractivity contribution in [1.82, 2.24) is 14.9 Å². The van der Waals surface area contributed by atoms with Crippen LogP contribution in [0, 0.1) is 11.6 Å². The number of amides is 1. The fourth-order valence-electron chi connectivity index (χ4n) is 2.71. The maximum atomic E-state index is 13.7. The summed E-state index contributed by atoms with van der Waals surface area (Å²) >= 11 is 0. The van der Waals surface area contributed by atoms with Crippen LogP contribution >= 0.6 is 0 Å². The Balaban J connectivity index is 1.57. The van der Waals surface area contributed by atoms with E-state index in [4.69, 9.17) is 14.2 Å². The SMILES string of the molecule is CC(C)OC(=O)N1CCC(Oc2cc(Oc3cc(F)ccc3F)ncn2)CC1. The molecule has 0 radical (unpaired) electrons. The minimum absolute atomic E-state index is 0.0347. The summed E-state index contributed by atoms with van der Waals surface area (Å²) < 4.78 is 43.3. The lowest BCUT2D eigenvalue weighted by Gasteiger charge is -2.31. The average Bonchev–Trinajstić information content (AvgIpc) is 2.65. The van der Waals surface area contributed by atoms with Crippen molar-refractivity contribution in [2.24, 2.45) is 0 Å². The molecule has 0 N–H and O–H groups in total. The molecular formula is C19H21F2N3O4. The molecule has 0 spiro atoms. The predicted molar refractivity (Wildman–Crippen MR) is 95.3 cm³/mol. The van der Waals surface area contributed by atoms with Gasteiger partial charge < -0.3 is 19.1 Å². The summed E-state index contributed by atoms with van der Waals surface area (Å²) in [6, 6.07) is 4.31. The van der Waals surface area contributed by atoms with E-state index in [-0.39, 0.29) is 35.8 Å². The van der Waals surface area contributed by atoms with E-state index in [9.17, 15) is 13.6 Å². The van der Waals surface area contributed by atoms with E-state index in [1.54, 1.807) is 18.7 Å². The van der Waals surface area contributed by atoms with Gasteiger partial charge in [-0.1, -0.05) is 0 Å². The molecule has 1 amide bonds. The third kappa shape index (κ3) is 5.28. The second-order valence-electron chi connectivity index (χ2n) is 6.61. The van der Waals surface area contributed by atoms with Crippen molar-refractivity contribution in [3.63, 3.8) is 0 Å². The van der Waals surface area contributed by atoms with E-state index in [0.717, 1.165) is 18.2 Å². The molecule has 2 heterocycles. The Kier molecular flexibility index (Phi) is 6.23. The van der Waals surface area contributed by atoms with Crippen molar-refractivity contribution in [2.45, 2.75) is 38.9 Å². The van der Waals surface area contributed by atoms with Crippen LogP contribution in [0.4, 0.5) is 13.6 Å². The van der Waals surface area contributed by atoms with Crippen LogP contribution in [0.25, 0.3) is 0 Å². The summed E-state index contributed by atoms with van der Waals surface area (Å²) in [6.07, 6.45) is 1.82. The number of halogens is 2. The number of hydrogen-bond acceptors (Lipinski definition) is 6. The molecule has 1 aliphatic rings. The molecule has 0 saturated carbocycles. The zero-order chi connectivity index (χ0) is 20.1. The van der Waals surface area contributed by atoms with Gasteiger partial charge in [-0.25, -0.2) is 23.5 Å². The van der Waals surface area contributed by atoms with E-state index in [0.29, 0.717) is 25.9 Å². The first-order valence-corrected chi connectivity index (χ1v) is 8.98. The molecule has 0 unspecified atom stereocenters. The summed E-state index contributed by atoms with van der Waals surface area (Å²) in [4.78, 5) is 21.5. The normalized spacial score (nSPS) is 14.8. The predicted octanol–water partition coefficient (Wildman–Crippen LogP) is 3.94. The van der Waals surface area contributed by atoms with Crippen molar-refractivity contribution >= 4 is 6.09 Å². The Morgan fingerprint density at radius 3 is 2.57 bits per heavy atom. The van der Waals surface area contributed by atoms with E-state index < -0.39 is 11.6 Å². The van der Waals surface area contributed by atoms with Gasteiger partial charge in [-0.2, -0.15) is 0 Å². The number of carbonyl (C=O) groups excluding carboxylic acids is 1. The molecule has 1 aromatic heterocycles. The molecule has 1 saturated heterocycles. The minimum Gasteiger partial charge on any atom is -0.474 e. The molecule has 0 atom stereocenters. The van der Waals surface area contributed by atoms with Crippen molar-refractivity contribution in [3.8, 4) is 17.5 Å². The lowest BCUT2D eigenvalue weighted by molar-refractivity contribution is 0.0507. The van der Waals surface area contributed by atoms with Crippen LogP contribution in [0.2, 0.25) is 0 Å². The highest BCUT2D eigenvalue weighted by molar-refractivity contribution is 5.67. The summed E-state index contributed by atoms with van der Waals surface area (Å²) in [7, 11) is 0. The van der Waals surface area contributed by atoms with Crippen LogP contribution in [0.15, 0.2) is 30.6 Å². The first-order valence-electron chi connectivity index (χ1n) is 8.98. The van der Waals surface area contributed by atoms with E-state index >= 15 is 0 Å². The highest BCUT2D eigenvalue weighted by Gasteiger charge is 2.25. The number of hydrogen-bond donors (Lipinski definition) is 0. The van der Waals surface area contributed by atoms with Crippen LogP contribution in [0.5, 0.6) is 17.5 Å².